The van der Waals surface area contributed by atoms with Crippen LogP contribution in [0.5, 0.6) is 0 Å². The summed E-state index contributed by atoms with van der Waals surface area (Å²) < 4.78 is 0. The summed E-state index contributed by atoms with van der Waals surface area (Å²) in [4.78, 5) is 11.0. The molecule has 0 saturated carbocycles. The van der Waals surface area contributed by atoms with E-state index in [4.69, 9.17) is 0 Å². The summed E-state index contributed by atoms with van der Waals surface area (Å²) in [6, 6.07) is -0.0342. The lowest BCUT2D eigenvalue weighted by atomic mass is 10.0. The van der Waals surface area contributed by atoms with E-state index < -0.39 is 0 Å². The molecule has 1 aliphatic rings. The number of rotatable bonds is 0. The topological polar surface area (TPSA) is 41.1 Å². The van der Waals surface area contributed by atoms with E-state index in [9.17, 15) is 4.79 Å². The number of hydrogen-bond acceptors (Lipinski definition) is 2. The smallest absolute Gasteiger partial charge is 0.237 e. The molecule has 0 aromatic rings. The van der Waals surface area contributed by atoms with Crippen molar-refractivity contribution in [2.45, 2.75) is 32.4 Å². The van der Waals surface area contributed by atoms with Crippen LogP contribution >= 0.6 is 0 Å². The van der Waals surface area contributed by atoms with Crippen molar-refractivity contribution >= 4 is 5.91 Å². The molecule has 0 aromatic carbocycles. The van der Waals surface area contributed by atoms with Crippen LogP contribution in [0.15, 0.2) is 0 Å². The van der Waals surface area contributed by atoms with Crippen molar-refractivity contribution in [2.75, 3.05) is 6.54 Å². The van der Waals surface area contributed by atoms with Gasteiger partial charge in [-0.25, -0.2) is 0 Å². The largest absolute Gasteiger partial charge is 0.349 e. The Bertz CT molecular complexity index is 154. The maximum absolute atomic E-state index is 11.0. The van der Waals surface area contributed by atoms with Crippen LogP contribution in [-0.2, 0) is 4.79 Å². The Morgan fingerprint density at radius 3 is 2.60 bits per heavy atom. The van der Waals surface area contributed by atoms with Gasteiger partial charge in [0.1, 0.15) is 0 Å². The first-order valence-electron chi connectivity index (χ1n) is 3.57. The minimum absolute atomic E-state index is 0.0342. The van der Waals surface area contributed by atoms with Gasteiger partial charge in [-0.2, -0.15) is 0 Å². The molecule has 2 N–H and O–H groups in total. The monoisotopic (exact) mass is 142 g/mol. The Labute approximate surface area is 61.2 Å². The normalized spacial score (nSPS) is 31.5. The molecule has 1 fully saturated rings. The molecule has 0 radical (unpaired) electrons. The van der Waals surface area contributed by atoms with Crippen molar-refractivity contribution in [2.24, 2.45) is 0 Å². The van der Waals surface area contributed by atoms with Gasteiger partial charge in [0.05, 0.1) is 6.04 Å². The molecule has 3 heteroatoms. The summed E-state index contributed by atoms with van der Waals surface area (Å²) in [5.74, 6) is 0.0938. The molecule has 1 amide bonds. The fourth-order valence-corrected chi connectivity index (χ4v) is 0.987. The molecule has 3 nitrogen and oxygen atoms in total. The highest BCUT2D eigenvalue weighted by molar-refractivity contribution is 5.82. The van der Waals surface area contributed by atoms with E-state index in [1.165, 1.54) is 0 Å². The fourth-order valence-electron chi connectivity index (χ4n) is 0.987. The second-order valence-corrected chi connectivity index (χ2v) is 3.48. The molecule has 1 unspecified atom stereocenters. The van der Waals surface area contributed by atoms with Crippen molar-refractivity contribution in [3.8, 4) is 0 Å². The van der Waals surface area contributed by atoms with E-state index in [-0.39, 0.29) is 17.5 Å². The quantitative estimate of drug-likeness (QED) is 0.495. The number of hydrogen-bond donors (Lipinski definition) is 2. The van der Waals surface area contributed by atoms with Crippen molar-refractivity contribution in [1.29, 1.82) is 0 Å². The van der Waals surface area contributed by atoms with Gasteiger partial charge >= 0.3 is 0 Å². The van der Waals surface area contributed by atoms with Gasteiger partial charge in [0.25, 0.3) is 0 Å². The number of nitrogens with one attached hydrogen (secondary N) is 2. The summed E-state index contributed by atoms with van der Waals surface area (Å²) in [5, 5.41) is 6.01. The van der Waals surface area contributed by atoms with E-state index in [0.717, 1.165) is 6.54 Å². The van der Waals surface area contributed by atoms with Crippen molar-refractivity contribution in [1.82, 2.24) is 10.6 Å². The summed E-state index contributed by atoms with van der Waals surface area (Å²) in [5.41, 5.74) is -0.0798. The Morgan fingerprint density at radius 1 is 1.60 bits per heavy atom. The molecule has 0 aliphatic carbocycles. The minimum atomic E-state index is -0.0798. The Morgan fingerprint density at radius 2 is 2.20 bits per heavy atom. The molecule has 0 spiro atoms. The van der Waals surface area contributed by atoms with Gasteiger partial charge in [0.2, 0.25) is 5.91 Å². The highest BCUT2D eigenvalue weighted by Crippen LogP contribution is 2.05. The Hall–Kier alpha value is -0.570. The van der Waals surface area contributed by atoms with Gasteiger partial charge in [0, 0.05) is 12.1 Å². The number of amides is 1. The van der Waals surface area contributed by atoms with E-state index in [0.29, 0.717) is 0 Å². The van der Waals surface area contributed by atoms with Crippen LogP contribution in [0.3, 0.4) is 0 Å². The maximum Gasteiger partial charge on any atom is 0.237 e. The third kappa shape index (κ3) is 1.48. The van der Waals surface area contributed by atoms with Crippen LogP contribution in [0.1, 0.15) is 20.8 Å². The Balaban J connectivity index is 2.57. The predicted molar refractivity (Wildman–Crippen MR) is 39.7 cm³/mol. The van der Waals surface area contributed by atoms with Gasteiger partial charge in [-0.05, 0) is 20.8 Å². The molecule has 1 heterocycles. The standard InChI is InChI=1S/C7H14N2O/c1-5-6(10)9-7(2,3)4-8-5/h5,8H,4H2,1-3H3,(H,9,10). The molecule has 1 saturated heterocycles. The van der Waals surface area contributed by atoms with E-state index >= 15 is 0 Å². The van der Waals surface area contributed by atoms with E-state index in [1.54, 1.807) is 0 Å². The maximum atomic E-state index is 11.0. The van der Waals surface area contributed by atoms with Crippen molar-refractivity contribution in [3.05, 3.63) is 0 Å². The molecular formula is C7H14N2O. The first kappa shape index (κ1) is 7.54. The van der Waals surface area contributed by atoms with Gasteiger partial charge in [-0.15, -0.1) is 0 Å². The van der Waals surface area contributed by atoms with Crippen LogP contribution in [0.4, 0.5) is 0 Å². The molecule has 0 bridgehead atoms. The van der Waals surface area contributed by atoms with Gasteiger partial charge in [-0.1, -0.05) is 0 Å². The van der Waals surface area contributed by atoms with Crippen LogP contribution in [0.2, 0.25) is 0 Å². The highest BCUT2D eigenvalue weighted by Gasteiger charge is 2.28. The van der Waals surface area contributed by atoms with Crippen LogP contribution < -0.4 is 10.6 Å². The van der Waals surface area contributed by atoms with Gasteiger partial charge in [-0.3, -0.25) is 4.79 Å². The summed E-state index contributed by atoms with van der Waals surface area (Å²) in [6.45, 7) is 6.72. The van der Waals surface area contributed by atoms with Gasteiger partial charge < -0.3 is 10.6 Å². The highest BCUT2D eigenvalue weighted by atomic mass is 16.2. The third-order valence-corrected chi connectivity index (χ3v) is 1.71. The lowest BCUT2D eigenvalue weighted by Crippen LogP contribution is -2.62. The zero-order valence-corrected chi connectivity index (χ0v) is 6.69. The molecule has 58 valence electrons. The Kier molecular flexibility index (Phi) is 1.68. The minimum Gasteiger partial charge on any atom is -0.349 e. The van der Waals surface area contributed by atoms with E-state index in [2.05, 4.69) is 10.6 Å². The second kappa shape index (κ2) is 2.23. The number of carbonyl (C=O) groups is 1. The number of carbonyl (C=O) groups excluding carboxylic acids is 1. The number of piperazine rings is 1. The SMILES string of the molecule is CC1NCC(C)(C)NC1=O. The first-order valence-corrected chi connectivity index (χ1v) is 3.57. The zero-order valence-electron chi connectivity index (χ0n) is 6.69. The van der Waals surface area contributed by atoms with Crippen LogP contribution in [0, 0.1) is 0 Å². The average Bonchev–Trinajstić information content (AvgIpc) is 1.79. The molecule has 0 aromatic heterocycles. The fraction of sp³-hybridized carbons (Fsp3) is 0.857. The van der Waals surface area contributed by atoms with Crippen molar-refractivity contribution < 1.29 is 4.79 Å². The van der Waals surface area contributed by atoms with E-state index in [1.807, 2.05) is 20.8 Å². The average molecular weight is 142 g/mol. The summed E-state index contributed by atoms with van der Waals surface area (Å²) >= 11 is 0. The second-order valence-electron chi connectivity index (χ2n) is 3.48. The molecular weight excluding hydrogens is 128 g/mol. The van der Waals surface area contributed by atoms with Crippen LogP contribution in [-0.4, -0.2) is 24.0 Å². The van der Waals surface area contributed by atoms with Crippen LogP contribution in [0.25, 0.3) is 0 Å². The first-order chi connectivity index (χ1) is 4.51. The predicted octanol–water partition coefficient (Wildman–Crippen LogP) is -0.127. The summed E-state index contributed by atoms with van der Waals surface area (Å²) in [6.07, 6.45) is 0. The lowest BCUT2D eigenvalue weighted by Gasteiger charge is -2.34. The third-order valence-electron chi connectivity index (χ3n) is 1.71. The molecule has 1 rings (SSSR count). The van der Waals surface area contributed by atoms with Crippen molar-refractivity contribution in [3.63, 3.8) is 0 Å². The lowest BCUT2D eigenvalue weighted by molar-refractivity contribution is -0.126. The zero-order chi connectivity index (χ0) is 7.78. The molecule has 10 heavy (non-hydrogen) atoms. The summed E-state index contributed by atoms with van der Waals surface area (Å²) in [7, 11) is 0. The van der Waals surface area contributed by atoms with Gasteiger partial charge in [0.15, 0.2) is 0 Å². The molecule has 1 aliphatic heterocycles. The molecule has 1 atom stereocenters.